The minimum absolute atomic E-state index is 0.0709. The minimum Gasteiger partial charge on any atom is -0.469 e. The van der Waals surface area contributed by atoms with Crippen LogP contribution in [0, 0.1) is 0 Å². The SMILES string of the molecule is COC(=O)CCC(=O)CCNC(=O)CCN. The molecule has 0 saturated carbocycles. The second-order valence-corrected chi connectivity index (χ2v) is 3.25. The first kappa shape index (κ1) is 14.6. The van der Waals surface area contributed by atoms with E-state index in [-0.39, 0.29) is 37.4 Å². The van der Waals surface area contributed by atoms with E-state index >= 15 is 0 Å². The van der Waals surface area contributed by atoms with Gasteiger partial charge in [0, 0.05) is 32.4 Å². The van der Waals surface area contributed by atoms with Gasteiger partial charge in [-0.05, 0) is 0 Å². The van der Waals surface area contributed by atoms with Crippen molar-refractivity contribution in [3.05, 3.63) is 0 Å². The number of ether oxygens (including phenoxy) is 1. The Morgan fingerprint density at radius 1 is 1.12 bits per heavy atom. The largest absolute Gasteiger partial charge is 0.469 e. The van der Waals surface area contributed by atoms with Crippen LogP contribution in [-0.2, 0) is 19.1 Å². The average Bonchev–Trinajstić information content (AvgIpc) is 2.26. The molecule has 16 heavy (non-hydrogen) atoms. The van der Waals surface area contributed by atoms with Crippen LogP contribution in [0.5, 0.6) is 0 Å². The van der Waals surface area contributed by atoms with E-state index in [2.05, 4.69) is 10.1 Å². The molecule has 0 aliphatic rings. The molecule has 0 aliphatic carbocycles. The average molecular weight is 230 g/mol. The maximum Gasteiger partial charge on any atom is 0.305 e. The van der Waals surface area contributed by atoms with E-state index in [1.54, 1.807) is 0 Å². The smallest absolute Gasteiger partial charge is 0.305 e. The molecule has 0 atom stereocenters. The maximum absolute atomic E-state index is 11.2. The molecule has 0 aliphatic heterocycles. The lowest BCUT2D eigenvalue weighted by atomic mass is 10.1. The van der Waals surface area contributed by atoms with Crippen molar-refractivity contribution in [2.24, 2.45) is 5.73 Å². The second kappa shape index (κ2) is 8.84. The molecule has 1 amide bonds. The van der Waals surface area contributed by atoms with E-state index in [0.717, 1.165) is 0 Å². The van der Waals surface area contributed by atoms with Gasteiger partial charge < -0.3 is 15.8 Å². The number of nitrogens with one attached hydrogen (secondary N) is 1. The number of rotatable bonds is 8. The monoisotopic (exact) mass is 230 g/mol. The zero-order valence-electron chi connectivity index (χ0n) is 9.45. The van der Waals surface area contributed by atoms with E-state index < -0.39 is 5.97 Å². The van der Waals surface area contributed by atoms with E-state index in [1.807, 2.05) is 0 Å². The molecule has 6 heteroatoms. The summed E-state index contributed by atoms with van der Waals surface area (Å²) in [5, 5.41) is 2.56. The molecule has 0 heterocycles. The highest BCUT2D eigenvalue weighted by Gasteiger charge is 2.07. The van der Waals surface area contributed by atoms with Crippen molar-refractivity contribution in [3.8, 4) is 0 Å². The molecule has 3 N–H and O–H groups in total. The highest BCUT2D eigenvalue weighted by atomic mass is 16.5. The quantitative estimate of drug-likeness (QED) is 0.541. The van der Waals surface area contributed by atoms with Gasteiger partial charge >= 0.3 is 5.97 Å². The van der Waals surface area contributed by atoms with Crippen LogP contribution in [0.15, 0.2) is 0 Å². The van der Waals surface area contributed by atoms with Gasteiger partial charge in [0.2, 0.25) is 5.91 Å². The predicted molar refractivity (Wildman–Crippen MR) is 57.6 cm³/mol. The van der Waals surface area contributed by atoms with Gasteiger partial charge in [0.25, 0.3) is 0 Å². The summed E-state index contributed by atoms with van der Waals surface area (Å²) >= 11 is 0. The van der Waals surface area contributed by atoms with E-state index in [4.69, 9.17) is 5.73 Å². The van der Waals surface area contributed by atoms with Crippen LogP contribution < -0.4 is 11.1 Å². The highest BCUT2D eigenvalue weighted by Crippen LogP contribution is 1.96. The summed E-state index contributed by atoms with van der Waals surface area (Å²) in [6.07, 6.45) is 0.731. The van der Waals surface area contributed by atoms with Gasteiger partial charge in [0.1, 0.15) is 5.78 Å². The van der Waals surface area contributed by atoms with Crippen LogP contribution in [0.4, 0.5) is 0 Å². The van der Waals surface area contributed by atoms with Gasteiger partial charge in [0.05, 0.1) is 13.5 Å². The van der Waals surface area contributed by atoms with Crippen molar-refractivity contribution < 1.29 is 19.1 Å². The summed E-state index contributed by atoms with van der Waals surface area (Å²) in [6.45, 7) is 0.584. The first-order valence-electron chi connectivity index (χ1n) is 5.15. The van der Waals surface area contributed by atoms with E-state index in [0.29, 0.717) is 13.1 Å². The number of hydrogen-bond donors (Lipinski definition) is 2. The summed E-state index contributed by atoms with van der Waals surface area (Å²) in [5.74, 6) is -0.637. The standard InChI is InChI=1S/C10H18N2O4/c1-16-10(15)3-2-8(13)5-7-12-9(14)4-6-11/h2-7,11H2,1H3,(H,12,14). The molecule has 0 radical (unpaired) electrons. The Kier molecular flexibility index (Phi) is 8.05. The fourth-order valence-corrected chi connectivity index (χ4v) is 1.03. The summed E-state index contributed by atoms with van der Waals surface area (Å²) in [4.78, 5) is 32.9. The number of Topliss-reactive ketones (excluding diaryl/α,β-unsaturated/α-hetero) is 1. The highest BCUT2D eigenvalue weighted by molar-refractivity contribution is 5.83. The first-order valence-corrected chi connectivity index (χ1v) is 5.15. The molecule has 0 fully saturated rings. The summed E-state index contributed by atoms with van der Waals surface area (Å²) < 4.78 is 4.40. The number of amides is 1. The second-order valence-electron chi connectivity index (χ2n) is 3.25. The van der Waals surface area contributed by atoms with Gasteiger partial charge in [-0.3, -0.25) is 14.4 Å². The van der Waals surface area contributed by atoms with Crippen LogP contribution in [-0.4, -0.2) is 37.9 Å². The molecule has 6 nitrogen and oxygen atoms in total. The van der Waals surface area contributed by atoms with Crippen LogP contribution in [0.1, 0.15) is 25.7 Å². The van der Waals surface area contributed by atoms with Crippen molar-refractivity contribution in [1.29, 1.82) is 0 Å². The summed E-state index contributed by atoms with van der Waals surface area (Å²) in [6, 6.07) is 0. The molecule has 92 valence electrons. The fourth-order valence-electron chi connectivity index (χ4n) is 1.03. The Bertz CT molecular complexity index is 253. The lowest BCUT2D eigenvalue weighted by molar-refractivity contribution is -0.142. The van der Waals surface area contributed by atoms with E-state index in [9.17, 15) is 14.4 Å². The third-order valence-corrected chi connectivity index (χ3v) is 1.93. The topological polar surface area (TPSA) is 98.5 Å². The molecule has 0 spiro atoms. The van der Waals surface area contributed by atoms with Gasteiger partial charge in [-0.1, -0.05) is 0 Å². The molecule has 0 rings (SSSR count). The zero-order chi connectivity index (χ0) is 12.4. The van der Waals surface area contributed by atoms with Gasteiger partial charge in [-0.2, -0.15) is 0 Å². The maximum atomic E-state index is 11.2. The third-order valence-electron chi connectivity index (χ3n) is 1.93. The number of methoxy groups -OCH3 is 1. The number of carbonyl (C=O) groups is 3. The lowest BCUT2D eigenvalue weighted by Crippen LogP contribution is -2.27. The molecular formula is C10H18N2O4. The molecule has 0 aromatic heterocycles. The van der Waals surface area contributed by atoms with Crippen molar-refractivity contribution in [2.75, 3.05) is 20.2 Å². The van der Waals surface area contributed by atoms with Crippen molar-refractivity contribution in [2.45, 2.75) is 25.7 Å². The Hall–Kier alpha value is -1.43. The Labute approximate surface area is 94.5 Å². The normalized spacial score (nSPS) is 9.62. The number of nitrogens with two attached hydrogens (primary N) is 1. The molecule has 0 aromatic rings. The lowest BCUT2D eigenvalue weighted by Gasteiger charge is -2.03. The number of carbonyl (C=O) groups excluding carboxylic acids is 3. The molecule has 0 bridgehead atoms. The Balaban J connectivity index is 3.51. The van der Waals surface area contributed by atoms with Crippen molar-refractivity contribution in [3.63, 3.8) is 0 Å². The van der Waals surface area contributed by atoms with Gasteiger partial charge in [0.15, 0.2) is 0 Å². The summed E-state index contributed by atoms with van der Waals surface area (Å²) in [7, 11) is 1.28. The van der Waals surface area contributed by atoms with Crippen molar-refractivity contribution >= 4 is 17.7 Å². The Morgan fingerprint density at radius 2 is 1.81 bits per heavy atom. The van der Waals surface area contributed by atoms with Gasteiger partial charge in [-0.15, -0.1) is 0 Å². The van der Waals surface area contributed by atoms with Crippen LogP contribution in [0.2, 0.25) is 0 Å². The van der Waals surface area contributed by atoms with E-state index in [1.165, 1.54) is 7.11 Å². The number of ketones is 1. The number of esters is 1. The summed E-state index contributed by atoms with van der Waals surface area (Å²) in [5.41, 5.74) is 5.18. The molecule has 0 aromatic carbocycles. The first-order chi connectivity index (χ1) is 7.60. The molecule has 0 unspecified atom stereocenters. The zero-order valence-corrected chi connectivity index (χ0v) is 9.45. The molecular weight excluding hydrogens is 212 g/mol. The number of hydrogen-bond acceptors (Lipinski definition) is 5. The van der Waals surface area contributed by atoms with Crippen LogP contribution in [0.3, 0.4) is 0 Å². The van der Waals surface area contributed by atoms with Gasteiger partial charge in [-0.25, -0.2) is 0 Å². The van der Waals surface area contributed by atoms with Crippen molar-refractivity contribution in [1.82, 2.24) is 5.32 Å². The van der Waals surface area contributed by atoms with Crippen LogP contribution >= 0.6 is 0 Å². The fraction of sp³-hybridized carbons (Fsp3) is 0.700. The third kappa shape index (κ3) is 7.93. The minimum atomic E-state index is -0.402. The van der Waals surface area contributed by atoms with Crippen LogP contribution in [0.25, 0.3) is 0 Å². The predicted octanol–water partition coefficient (Wildman–Crippen LogP) is -0.636. The molecule has 0 saturated heterocycles. The Morgan fingerprint density at radius 3 is 2.38 bits per heavy atom.